The second-order valence-corrected chi connectivity index (χ2v) is 13.3. The number of rotatable bonds is 8. The van der Waals surface area contributed by atoms with Gasteiger partial charge in [-0.25, -0.2) is 0 Å². The van der Waals surface area contributed by atoms with E-state index in [9.17, 15) is 19.5 Å². The minimum Gasteiger partial charge on any atom is -0.394 e. The van der Waals surface area contributed by atoms with Gasteiger partial charge in [-0.15, -0.1) is 0 Å². The van der Waals surface area contributed by atoms with E-state index in [0.29, 0.717) is 19.4 Å². The highest BCUT2D eigenvalue weighted by molar-refractivity contribution is 5.99. The molecule has 3 fully saturated rings. The Balaban J connectivity index is 1.65. The Hall–Kier alpha value is -2.45. The Kier molecular flexibility index (Phi) is 6.99. The van der Waals surface area contributed by atoms with Crippen molar-refractivity contribution in [2.24, 2.45) is 17.3 Å². The second-order valence-electron chi connectivity index (χ2n) is 13.3. The normalized spacial score (nSPS) is 31.8. The Morgan fingerprint density at radius 2 is 1.78 bits per heavy atom. The highest BCUT2D eigenvalue weighted by Crippen LogP contribution is 2.63. The number of aliphatic hydroxyl groups excluding tert-OH is 1. The van der Waals surface area contributed by atoms with E-state index < -0.39 is 40.7 Å². The number of hydrogen-bond donors (Lipinski definition) is 3. The Morgan fingerprint density at radius 1 is 1.14 bits per heavy atom. The van der Waals surface area contributed by atoms with E-state index in [0.717, 1.165) is 12.0 Å². The predicted octanol–water partition coefficient (Wildman–Crippen LogP) is 2.78. The van der Waals surface area contributed by atoms with Crippen molar-refractivity contribution in [3.63, 3.8) is 0 Å². The molecule has 3 aliphatic heterocycles. The SMILES string of the molecule is C[C@H](CO)N1C(=O)[C@@H]2[C@H](C(=O)NCc3ccccc3)[C@]3(C)CCC2(O3)C1C(=O)NC(C)(C)CC(C)(C)C. The quantitative estimate of drug-likeness (QED) is 0.496. The molecule has 6 atom stereocenters. The molecule has 0 aliphatic carbocycles. The summed E-state index contributed by atoms with van der Waals surface area (Å²) in [7, 11) is 0. The molecule has 8 nitrogen and oxygen atoms in total. The largest absolute Gasteiger partial charge is 0.394 e. The molecular weight excluding hydrogens is 470 g/mol. The zero-order valence-corrected chi connectivity index (χ0v) is 23.3. The van der Waals surface area contributed by atoms with Crippen LogP contribution in [0.15, 0.2) is 30.3 Å². The molecule has 3 amide bonds. The molecular formula is C29H43N3O5. The molecule has 0 radical (unpaired) electrons. The summed E-state index contributed by atoms with van der Waals surface area (Å²) in [6, 6.07) is 8.12. The fourth-order valence-corrected chi connectivity index (χ4v) is 7.29. The molecule has 0 saturated carbocycles. The first kappa shape index (κ1) is 27.6. The van der Waals surface area contributed by atoms with Gasteiger partial charge in [-0.05, 0) is 57.9 Å². The number of nitrogens with one attached hydrogen (secondary N) is 2. The maximum Gasteiger partial charge on any atom is 0.246 e. The predicted molar refractivity (Wildman–Crippen MR) is 140 cm³/mol. The van der Waals surface area contributed by atoms with Crippen LogP contribution in [0.4, 0.5) is 0 Å². The van der Waals surface area contributed by atoms with Gasteiger partial charge < -0.3 is 25.4 Å². The number of carbonyl (C=O) groups excluding carboxylic acids is 3. The van der Waals surface area contributed by atoms with Crippen LogP contribution in [0.25, 0.3) is 0 Å². The van der Waals surface area contributed by atoms with Gasteiger partial charge in [0.15, 0.2) is 0 Å². The van der Waals surface area contributed by atoms with Crippen molar-refractivity contribution in [2.75, 3.05) is 6.61 Å². The van der Waals surface area contributed by atoms with Gasteiger partial charge in [-0.1, -0.05) is 51.1 Å². The third-order valence-corrected chi connectivity index (χ3v) is 8.23. The smallest absolute Gasteiger partial charge is 0.246 e. The lowest BCUT2D eigenvalue weighted by molar-refractivity contribution is -0.150. The molecule has 8 heteroatoms. The van der Waals surface area contributed by atoms with Gasteiger partial charge in [0.25, 0.3) is 0 Å². The van der Waals surface area contributed by atoms with Crippen LogP contribution in [-0.4, -0.2) is 63.2 Å². The van der Waals surface area contributed by atoms with Crippen molar-refractivity contribution >= 4 is 17.7 Å². The average Bonchev–Trinajstić information content (AvgIpc) is 3.36. The summed E-state index contributed by atoms with van der Waals surface area (Å²) < 4.78 is 6.64. The summed E-state index contributed by atoms with van der Waals surface area (Å²) in [6.45, 7) is 14.0. The molecule has 37 heavy (non-hydrogen) atoms. The lowest BCUT2D eigenvalue weighted by Crippen LogP contribution is -2.61. The van der Waals surface area contributed by atoms with Crippen molar-refractivity contribution in [1.29, 1.82) is 0 Å². The fraction of sp³-hybridized carbons (Fsp3) is 0.690. The van der Waals surface area contributed by atoms with Crippen LogP contribution in [0.1, 0.15) is 73.3 Å². The van der Waals surface area contributed by atoms with E-state index >= 15 is 0 Å². The van der Waals surface area contributed by atoms with Crippen LogP contribution in [0.3, 0.4) is 0 Å². The minimum absolute atomic E-state index is 0.0150. The molecule has 4 rings (SSSR count). The summed E-state index contributed by atoms with van der Waals surface area (Å²) in [5, 5.41) is 16.2. The van der Waals surface area contributed by atoms with E-state index in [2.05, 4.69) is 31.4 Å². The molecule has 1 aromatic carbocycles. The van der Waals surface area contributed by atoms with E-state index in [1.54, 1.807) is 6.92 Å². The summed E-state index contributed by atoms with van der Waals surface area (Å²) in [5.41, 5.74) is -1.51. The van der Waals surface area contributed by atoms with Crippen molar-refractivity contribution < 1.29 is 24.2 Å². The zero-order chi connectivity index (χ0) is 27.4. The standard InChI is InChI=1S/C29H43N3O5/c1-18(16-33)32-22(24(35)31-27(5,6)17-26(2,3)4)29-14-13-28(7,37-29)20(21(29)25(32)36)23(34)30-15-19-11-9-8-10-12-19/h8-12,18,20-22,33H,13-17H2,1-7H3,(H,30,34)(H,31,35)/t18-,20-,21+,22?,28+,29?/m1/s1. The number of nitrogens with zero attached hydrogens (tertiary/aromatic N) is 1. The number of fused-ring (bicyclic) bond motifs is 1. The van der Waals surface area contributed by atoms with Gasteiger partial charge in [-0.2, -0.15) is 0 Å². The van der Waals surface area contributed by atoms with Gasteiger partial charge in [-0.3, -0.25) is 14.4 Å². The summed E-state index contributed by atoms with van der Waals surface area (Å²) in [5.74, 6) is -2.32. The van der Waals surface area contributed by atoms with Crippen LogP contribution in [0, 0.1) is 17.3 Å². The molecule has 3 heterocycles. The van der Waals surface area contributed by atoms with Crippen molar-refractivity contribution in [3.8, 4) is 0 Å². The molecule has 204 valence electrons. The summed E-state index contributed by atoms with van der Waals surface area (Å²) in [4.78, 5) is 43.0. The number of hydrogen-bond acceptors (Lipinski definition) is 5. The summed E-state index contributed by atoms with van der Waals surface area (Å²) in [6.07, 6.45) is 1.83. The Morgan fingerprint density at radius 3 is 2.38 bits per heavy atom. The molecule has 3 aliphatic rings. The maximum atomic E-state index is 14.0. The molecule has 3 saturated heterocycles. The van der Waals surface area contributed by atoms with Gasteiger partial charge in [0.1, 0.15) is 11.6 Å². The van der Waals surface area contributed by atoms with E-state index in [1.807, 2.05) is 51.1 Å². The Bertz CT molecular complexity index is 1050. The zero-order valence-electron chi connectivity index (χ0n) is 23.3. The highest BCUT2D eigenvalue weighted by Gasteiger charge is 2.78. The van der Waals surface area contributed by atoms with E-state index in [4.69, 9.17) is 4.74 Å². The molecule has 2 unspecified atom stereocenters. The average molecular weight is 514 g/mol. The van der Waals surface area contributed by atoms with E-state index in [1.165, 1.54) is 4.90 Å². The lowest BCUT2D eigenvalue weighted by atomic mass is 9.66. The van der Waals surface area contributed by atoms with E-state index in [-0.39, 0.29) is 29.7 Å². The number of aliphatic hydroxyl groups is 1. The third kappa shape index (κ3) is 4.90. The lowest BCUT2D eigenvalue weighted by Gasteiger charge is -2.39. The number of benzene rings is 1. The second kappa shape index (κ2) is 9.38. The van der Waals surface area contributed by atoms with Crippen LogP contribution in [-0.2, 0) is 25.7 Å². The number of likely N-dealkylation sites (tertiary alicyclic amines) is 1. The van der Waals surface area contributed by atoms with Crippen LogP contribution >= 0.6 is 0 Å². The van der Waals surface area contributed by atoms with Gasteiger partial charge >= 0.3 is 0 Å². The van der Waals surface area contributed by atoms with Crippen LogP contribution in [0.2, 0.25) is 0 Å². The third-order valence-electron chi connectivity index (χ3n) is 8.23. The minimum atomic E-state index is -1.11. The first-order valence-corrected chi connectivity index (χ1v) is 13.4. The maximum absolute atomic E-state index is 14.0. The fourth-order valence-electron chi connectivity index (χ4n) is 7.29. The molecule has 0 aromatic heterocycles. The molecule has 1 aromatic rings. The van der Waals surface area contributed by atoms with Crippen LogP contribution in [0.5, 0.6) is 0 Å². The topological polar surface area (TPSA) is 108 Å². The van der Waals surface area contributed by atoms with Gasteiger partial charge in [0.05, 0.1) is 30.1 Å². The summed E-state index contributed by atoms with van der Waals surface area (Å²) >= 11 is 0. The Labute approximate surface area is 220 Å². The first-order valence-electron chi connectivity index (χ1n) is 13.4. The van der Waals surface area contributed by atoms with Gasteiger partial charge in [0, 0.05) is 12.1 Å². The molecule has 1 spiro atoms. The first-order chi connectivity index (χ1) is 17.1. The van der Waals surface area contributed by atoms with Crippen molar-refractivity contribution in [2.45, 2.75) is 103 Å². The van der Waals surface area contributed by atoms with Gasteiger partial charge in [0.2, 0.25) is 17.7 Å². The van der Waals surface area contributed by atoms with Crippen molar-refractivity contribution in [1.82, 2.24) is 15.5 Å². The molecule has 2 bridgehead atoms. The number of ether oxygens (including phenoxy) is 1. The van der Waals surface area contributed by atoms with Crippen LogP contribution < -0.4 is 10.6 Å². The number of carbonyl (C=O) groups is 3. The number of amides is 3. The monoisotopic (exact) mass is 513 g/mol. The highest BCUT2D eigenvalue weighted by atomic mass is 16.5. The molecule has 3 N–H and O–H groups in total. The van der Waals surface area contributed by atoms with Crippen molar-refractivity contribution in [3.05, 3.63) is 35.9 Å².